The Bertz CT molecular complexity index is 422. The number of Topliss-reactive ketones (excluding diaryl/α,β-unsaturated/α-hetero) is 1. The first-order valence-corrected chi connectivity index (χ1v) is 6.80. The first-order valence-electron chi connectivity index (χ1n) is 6.80. The molecular weight excluding hydrogens is 214 g/mol. The lowest BCUT2D eigenvalue weighted by Gasteiger charge is -2.25. The summed E-state index contributed by atoms with van der Waals surface area (Å²) in [5.74, 6) is 0.847. The van der Waals surface area contributed by atoms with Gasteiger partial charge in [-0.2, -0.15) is 0 Å². The lowest BCUT2D eigenvalue weighted by Crippen LogP contribution is -2.37. The topological polar surface area (TPSA) is 37.4 Å². The largest absolute Gasteiger partial charge is 0.339 e. The van der Waals surface area contributed by atoms with Crippen molar-refractivity contribution in [2.24, 2.45) is 23.7 Å². The first kappa shape index (κ1) is 9.86. The summed E-state index contributed by atoms with van der Waals surface area (Å²) in [7, 11) is 0. The summed E-state index contributed by atoms with van der Waals surface area (Å²) in [6, 6.07) is 0.475. The third kappa shape index (κ3) is 1.12. The van der Waals surface area contributed by atoms with E-state index in [1.165, 1.54) is 25.7 Å². The van der Waals surface area contributed by atoms with E-state index in [4.69, 9.17) is 0 Å². The van der Waals surface area contributed by atoms with Gasteiger partial charge >= 0.3 is 0 Å². The van der Waals surface area contributed by atoms with Gasteiger partial charge in [-0.25, -0.2) is 0 Å². The van der Waals surface area contributed by atoms with Gasteiger partial charge in [0.2, 0.25) is 5.91 Å². The normalized spacial score (nSPS) is 44.1. The Balaban J connectivity index is 1.62. The van der Waals surface area contributed by atoms with Crippen LogP contribution in [0.1, 0.15) is 25.7 Å². The van der Waals surface area contributed by atoms with Gasteiger partial charge in [0.1, 0.15) is 5.78 Å². The molecule has 4 aliphatic rings. The molecule has 1 heterocycles. The Morgan fingerprint density at radius 1 is 1.06 bits per heavy atom. The Labute approximate surface area is 101 Å². The van der Waals surface area contributed by atoms with Crippen molar-refractivity contribution in [1.29, 1.82) is 0 Å². The van der Waals surface area contributed by atoms with E-state index in [1.54, 1.807) is 0 Å². The van der Waals surface area contributed by atoms with Gasteiger partial charge in [-0.1, -0.05) is 25.0 Å². The van der Waals surface area contributed by atoms with Crippen molar-refractivity contribution in [3.05, 3.63) is 12.2 Å². The minimum Gasteiger partial charge on any atom is -0.339 e. The minimum absolute atomic E-state index is 0.00176. The molecule has 90 valence electrons. The number of hydrogen-bond acceptors (Lipinski definition) is 2. The van der Waals surface area contributed by atoms with E-state index in [-0.39, 0.29) is 23.7 Å². The summed E-state index contributed by atoms with van der Waals surface area (Å²) >= 11 is 0. The van der Waals surface area contributed by atoms with Crippen LogP contribution in [-0.4, -0.2) is 29.2 Å². The van der Waals surface area contributed by atoms with Crippen molar-refractivity contribution >= 4 is 11.7 Å². The number of carbonyl (C=O) groups is 2. The van der Waals surface area contributed by atoms with Crippen LogP contribution in [0, 0.1) is 23.7 Å². The zero-order valence-electron chi connectivity index (χ0n) is 9.84. The molecule has 0 aromatic carbocycles. The Kier molecular flexibility index (Phi) is 1.86. The minimum atomic E-state index is -0.0797. The molecule has 0 radical (unpaired) electrons. The van der Waals surface area contributed by atoms with Crippen LogP contribution >= 0.6 is 0 Å². The lowest BCUT2D eigenvalue weighted by molar-refractivity contribution is -0.135. The van der Waals surface area contributed by atoms with Gasteiger partial charge < -0.3 is 4.90 Å². The second-order valence-corrected chi connectivity index (χ2v) is 5.96. The number of carbonyl (C=O) groups excluding carboxylic acids is 2. The molecule has 3 aliphatic carbocycles. The molecule has 3 heteroatoms. The molecule has 0 aromatic rings. The summed E-state index contributed by atoms with van der Waals surface area (Å²) in [6.07, 6.45) is 8.87. The molecule has 4 unspecified atom stereocenters. The van der Waals surface area contributed by atoms with Gasteiger partial charge in [0.05, 0.1) is 5.92 Å². The summed E-state index contributed by atoms with van der Waals surface area (Å²) in [5.41, 5.74) is 0. The molecule has 4 atom stereocenters. The molecule has 0 N–H and O–H groups in total. The fourth-order valence-electron chi connectivity index (χ4n) is 4.41. The summed E-state index contributed by atoms with van der Waals surface area (Å²) in [4.78, 5) is 26.5. The maximum atomic E-state index is 12.4. The maximum absolute atomic E-state index is 12.4. The lowest BCUT2D eigenvalue weighted by atomic mass is 9.86. The van der Waals surface area contributed by atoms with Gasteiger partial charge in [0.25, 0.3) is 0 Å². The predicted octanol–water partition coefficient (Wildman–Crippen LogP) is 1.39. The fraction of sp³-hybridized carbons (Fsp3) is 0.714. The zero-order valence-corrected chi connectivity index (χ0v) is 9.84. The van der Waals surface area contributed by atoms with Crippen molar-refractivity contribution in [1.82, 2.24) is 4.90 Å². The molecule has 3 nitrogen and oxygen atoms in total. The van der Waals surface area contributed by atoms with Crippen LogP contribution in [0.25, 0.3) is 0 Å². The van der Waals surface area contributed by atoms with Crippen LogP contribution < -0.4 is 0 Å². The smallest absolute Gasteiger partial charge is 0.227 e. The highest BCUT2D eigenvalue weighted by Crippen LogP contribution is 2.50. The predicted molar refractivity (Wildman–Crippen MR) is 62.1 cm³/mol. The molecular formula is C14H17NO2. The SMILES string of the molecule is O=C1C2C=CC1C1C(=O)N(C3CCCC3)CC21. The fourth-order valence-corrected chi connectivity index (χ4v) is 4.41. The van der Waals surface area contributed by atoms with Crippen molar-refractivity contribution in [2.45, 2.75) is 31.7 Å². The number of fused-ring (bicyclic) bond motifs is 5. The Morgan fingerprint density at radius 3 is 2.47 bits per heavy atom. The van der Waals surface area contributed by atoms with Crippen LogP contribution in [0.3, 0.4) is 0 Å². The molecule has 0 spiro atoms. The van der Waals surface area contributed by atoms with E-state index < -0.39 is 0 Å². The average Bonchev–Trinajstić information content (AvgIpc) is 3.04. The maximum Gasteiger partial charge on any atom is 0.227 e. The highest BCUT2D eigenvalue weighted by molar-refractivity contribution is 6.00. The second-order valence-electron chi connectivity index (χ2n) is 5.96. The van der Waals surface area contributed by atoms with E-state index >= 15 is 0 Å². The van der Waals surface area contributed by atoms with Gasteiger partial charge in [-0.15, -0.1) is 0 Å². The molecule has 1 saturated heterocycles. The zero-order chi connectivity index (χ0) is 11.6. The van der Waals surface area contributed by atoms with Crippen LogP contribution in [0.2, 0.25) is 0 Å². The molecule has 1 amide bonds. The van der Waals surface area contributed by atoms with E-state index in [2.05, 4.69) is 4.90 Å². The second kappa shape index (κ2) is 3.21. The Hall–Kier alpha value is -1.12. The first-order chi connectivity index (χ1) is 8.27. The monoisotopic (exact) mass is 231 g/mol. The Morgan fingerprint density at radius 2 is 1.76 bits per heavy atom. The van der Waals surface area contributed by atoms with Crippen molar-refractivity contribution in [3.63, 3.8) is 0 Å². The molecule has 17 heavy (non-hydrogen) atoms. The number of allylic oxidation sites excluding steroid dienone is 2. The molecule has 2 bridgehead atoms. The van der Waals surface area contributed by atoms with Gasteiger partial charge in [0, 0.05) is 30.3 Å². The number of ketones is 1. The highest BCUT2D eigenvalue weighted by atomic mass is 16.2. The molecule has 0 aromatic heterocycles. The number of hydrogen-bond donors (Lipinski definition) is 0. The van der Waals surface area contributed by atoms with E-state index in [0.717, 1.165) is 6.54 Å². The van der Waals surface area contributed by atoms with Gasteiger partial charge in [-0.05, 0) is 12.8 Å². The van der Waals surface area contributed by atoms with Crippen molar-refractivity contribution in [3.8, 4) is 0 Å². The van der Waals surface area contributed by atoms with Crippen LogP contribution in [0.15, 0.2) is 12.2 Å². The van der Waals surface area contributed by atoms with Gasteiger partial charge in [-0.3, -0.25) is 9.59 Å². The average molecular weight is 231 g/mol. The van der Waals surface area contributed by atoms with E-state index in [0.29, 0.717) is 17.7 Å². The number of amides is 1. The van der Waals surface area contributed by atoms with Gasteiger partial charge in [0.15, 0.2) is 0 Å². The molecule has 1 aliphatic heterocycles. The third-order valence-electron chi connectivity index (χ3n) is 5.23. The molecule has 3 fully saturated rings. The van der Waals surface area contributed by atoms with Crippen molar-refractivity contribution in [2.75, 3.05) is 6.54 Å². The number of nitrogens with zero attached hydrogens (tertiary/aromatic N) is 1. The summed E-state index contributed by atoms with van der Waals surface area (Å²) in [5, 5.41) is 0. The standard InChI is InChI=1S/C14H17NO2/c16-13-9-5-6-10(13)12-11(9)7-15(14(12)17)8-3-1-2-4-8/h5-6,8-12H,1-4,7H2. The summed E-state index contributed by atoms with van der Waals surface area (Å²) < 4.78 is 0. The number of rotatable bonds is 1. The van der Waals surface area contributed by atoms with Crippen LogP contribution in [0.5, 0.6) is 0 Å². The number of likely N-dealkylation sites (tertiary alicyclic amines) is 1. The van der Waals surface area contributed by atoms with Crippen LogP contribution in [-0.2, 0) is 9.59 Å². The molecule has 2 saturated carbocycles. The van der Waals surface area contributed by atoms with Crippen molar-refractivity contribution < 1.29 is 9.59 Å². The third-order valence-corrected chi connectivity index (χ3v) is 5.23. The van der Waals surface area contributed by atoms with E-state index in [9.17, 15) is 9.59 Å². The summed E-state index contributed by atoms with van der Waals surface area (Å²) in [6.45, 7) is 0.839. The highest BCUT2D eigenvalue weighted by Gasteiger charge is 2.59. The van der Waals surface area contributed by atoms with E-state index in [1.807, 2.05) is 12.2 Å². The van der Waals surface area contributed by atoms with Crippen LogP contribution in [0.4, 0.5) is 0 Å². The quantitative estimate of drug-likeness (QED) is 0.639. The molecule has 4 rings (SSSR count).